The molecule has 0 amide bonds. The van der Waals surface area contributed by atoms with Crippen molar-refractivity contribution in [1.29, 1.82) is 0 Å². The summed E-state index contributed by atoms with van der Waals surface area (Å²) < 4.78 is 5.55. The highest BCUT2D eigenvalue weighted by molar-refractivity contribution is 5.87. The van der Waals surface area contributed by atoms with Gasteiger partial charge in [0.05, 0.1) is 0 Å². The molecule has 0 heterocycles. The van der Waals surface area contributed by atoms with E-state index in [-0.39, 0.29) is 5.97 Å². The maximum Gasteiger partial charge on any atom is 0.334 e. The quantitative estimate of drug-likeness (QED) is 0.609. The molecule has 0 aromatic heterocycles. The Balaban J connectivity index is 2.34. The van der Waals surface area contributed by atoms with Gasteiger partial charge in [-0.3, -0.25) is 0 Å². The fraction of sp³-hybridized carbons (Fsp3) is 0.118. The van der Waals surface area contributed by atoms with E-state index in [4.69, 9.17) is 4.74 Å². The van der Waals surface area contributed by atoms with Gasteiger partial charge in [0, 0.05) is 5.57 Å². The summed E-state index contributed by atoms with van der Waals surface area (Å²) in [6.07, 6.45) is -0.397. The van der Waals surface area contributed by atoms with Gasteiger partial charge in [-0.05, 0) is 18.1 Å². The standard InChI is InChI=1S/C17H16O2/c1-13(2)17(18)19-16(14-9-5-3-6-10-14)15-11-7-4-8-12-15/h3-12,16H,1H2,2H3. The molecule has 0 atom stereocenters. The molecule has 2 heteroatoms. The number of ether oxygens (including phenoxy) is 1. The van der Waals surface area contributed by atoms with Crippen LogP contribution >= 0.6 is 0 Å². The minimum Gasteiger partial charge on any atom is -0.449 e. The van der Waals surface area contributed by atoms with E-state index in [9.17, 15) is 4.79 Å². The highest BCUT2D eigenvalue weighted by Crippen LogP contribution is 2.26. The van der Waals surface area contributed by atoms with E-state index in [1.54, 1.807) is 6.92 Å². The molecule has 0 spiro atoms. The number of benzene rings is 2. The molecule has 0 unspecified atom stereocenters. The highest BCUT2D eigenvalue weighted by Gasteiger charge is 2.18. The smallest absolute Gasteiger partial charge is 0.334 e. The molecule has 0 radical (unpaired) electrons. The summed E-state index contributed by atoms with van der Waals surface area (Å²) in [5.74, 6) is -0.377. The average Bonchev–Trinajstić information content (AvgIpc) is 2.46. The van der Waals surface area contributed by atoms with Crippen molar-refractivity contribution in [2.75, 3.05) is 0 Å². The average molecular weight is 252 g/mol. The number of esters is 1. The van der Waals surface area contributed by atoms with Crippen LogP contribution in [0.3, 0.4) is 0 Å². The minimum atomic E-state index is -0.397. The van der Waals surface area contributed by atoms with E-state index in [2.05, 4.69) is 6.58 Å². The summed E-state index contributed by atoms with van der Waals surface area (Å²) in [4.78, 5) is 11.8. The summed E-state index contributed by atoms with van der Waals surface area (Å²) in [7, 11) is 0. The topological polar surface area (TPSA) is 26.3 Å². The first-order valence-corrected chi connectivity index (χ1v) is 6.15. The zero-order chi connectivity index (χ0) is 13.7. The zero-order valence-corrected chi connectivity index (χ0v) is 10.9. The molecule has 0 saturated heterocycles. The van der Waals surface area contributed by atoms with Crippen LogP contribution in [-0.2, 0) is 9.53 Å². The number of hydrogen-bond acceptors (Lipinski definition) is 2. The van der Waals surface area contributed by atoms with Gasteiger partial charge in [-0.2, -0.15) is 0 Å². The fourth-order valence-corrected chi connectivity index (χ4v) is 1.79. The molecule has 96 valence electrons. The van der Waals surface area contributed by atoms with Crippen LogP contribution in [0.2, 0.25) is 0 Å². The van der Waals surface area contributed by atoms with Crippen molar-refractivity contribution >= 4 is 5.97 Å². The van der Waals surface area contributed by atoms with Gasteiger partial charge in [0.15, 0.2) is 6.10 Å². The van der Waals surface area contributed by atoms with Crippen LogP contribution in [0.1, 0.15) is 24.2 Å². The van der Waals surface area contributed by atoms with Crippen molar-refractivity contribution in [3.05, 3.63) is 83.9 Å². The summed E-state index contributed by atoms with van der Waals surface area (Å²) >= 11 is 0. The predicted octanol–water partition coefficient (Wildman–Crippen LogP) is 3.90. The van der Waals surface area contributed by atoms with Crippen LogP contribution in [-0.4, -0.2) is 5.97 Å². The number of rotatable bonds is 4. The molecular weight excluding hydrogens is 236 g/mol. The van der Waals surface area contributed by atoms with Gasteiger partial charge < -0.3 is 4.74 Å². The van der Waals surface area contributed by atoms with Gasteiger partial charge in [0.1, 0.15) is 0 Å². The largest absolute Gasteiger partial charge is 0.449 e. The van der Waals surface area contributed by atoms with Gasteiger partial charge in [-0.25, -0.2) is 4.79 Å². The van der Waals surface area contributed by atoms with Crippen LogP contribution in [0.4, 0.5) is 0 Å². The third-order valence-corrected chi connectivity index (χ3v) is 2.78. The Kier molecular flexibility index (Phi) is 4.14. The highest BCUT2D eigenvalue weighted by atomic mass is 16.5. The van der Waals surface area contributed by atoms with E-state index in [1.165, 1.54) is 0 Å². The van der Waals surface area contributed by atoms with Crippen LogP contribution in [0, 0.1) is 0 Å². The van der Waals surface area contributed by atoms with Gasteiger partial charge >= 0.3 is 5.97 Å². The van der Waals surface area contributed by atoms with Crippen LogP contribution in [0.5, 0.6) is 0 Å². The van der Waals surface area contributed by atoms with Crippen molar-refractivity contribution in [3.8, 4) is 0 Å². The first-order chi connectivity index (χ1) is 9.18. The van der Waals surface area contributed by atoms with E-state index >= 15 is 0 Å². The second-order valence-electron chi connectivity index (χ2n) is 4.39. The Bertz CT molecular complexity index is 519. The molecule has 0 fully saturated rings. The summed E-state index contributed by atoms with van der Waals surface area (Å²) in [5, 5.41) is 0. The number of carbonyl (C=O) groups is 1. The molecule has 2 rings (SSSR count). The molecule has 0 aliphatic rings. The molecule has 2 nitrogen and oxygen atoms in total. The molecular formula is C17H16O2. The third kappa shape index (κ3) is 3.32. The Morgan fingerprint density at radius 3 is 1.74 bits per heavy atom. The molecule has 2 aromatic carbocycles. The maximum absolute atomic E-state index is 11.8. The molecule has 19 heavy (non-hydrogen) atoms. The summed E-state index contributed by atoms with van der Waals surface area (Å²) in [6.45, 7) is 5.27. The van der Waals surface area contributed by atoms with Gasteiger partial charge in [-0.1, -0.05) is 67.2 Å². The minimum absolute atomic E-state index is 0.377. The van der Waals surface area contributed by atoms with E-state index < -0.39 is 6.10 Å². The molecule has 0 bridgehead atoms. The molecule has 0 aliphatic heterocycles. The molecule has 0 aliphatic carbocycles. The van der Waals surface area contributed by atoms with Crippen molar-refractivity contribution in [3.63, 3.8) is 0 Å². The first kappa shape index (κ1) is 13.1. The van der Waals surface area contributed by atoms with Crippen LogP contribution in [0.15, 0.2) is 72.8 Å². The lowest BCUT2D eigenvalue weighted by atomic mass is 10.0. The van der Waals surface area contributed by atoms with Gasteiger partial charge in [0.25, 0.3) is 0 Å². The lowest BCUT2D eigenvalue weighted by Crippen LogP contribution is -2.13. The Morgan fingerprint density at radius 2 is 1.37 bits per heavy atom. The van der Waals surface area contributed by atoms with Crippen LogP contribution < -0.4 is 0 Å². The maximum atomic E-state index is 11.8. The van der Waals surface area contributed by atoms with Crippen molar-refractivity contribution in [2.45, 2.75) is 13.0 Å². The third-order valence-electron chi connectivity index (χ3n) is 2.78. The molecule has 0 N–H and O–H groups in total. The fourth-order valence-electron chi connectivity index (χ4n) is 1.79. The normalized spacial score (nSPS) is 10.2. The van der Waals surface area contributed by atoms with E-state index in [0.29, 0.717) is 5.57 Å². The van der Waals surface area contributed by atoms with Crippen molar-refractivity contribution < 1.29 is 9.53 Å². The zero-order valence-electron chi connectivity index (χ0n) is 10.9. The lowest BCUT2D eigenvalue weighted by Gasteiger charge is -2.18. The SMILES string of the molecule is C=C(C)C(=O)OC(c1ccccc1)c1ccccc1. The van der Waals surface area contributed by atoms with E-state index in [1.807, 2.05) is 60.7 Å². The Hall–Kier alpha value is -2.35. The lowest BCUT2D eigenvalue weighted by molar-refractivity contribution is -0.142. The van der Waals surface area contributed by atoms with E-state index in [0.717, 1.165) is 11.1 Å². The predicted molar refractivity (Wildman–Crippen MR) is 75.6 cm³/mol. The van der Waals surface area contributed by atoms with Crippen LogP contribution in [0.25, 0.3) is 0 Å². The first-order valence-electron chi connectivity index (χ1n) is 6.15. The summed E-state index contributed by atoms with van der Waals surface area (Å²) in [5.41, 5.74) is 2.29. The number of hydrogen-bond donors (Lipinski definition) is 0. The van der Waals surface area contributed by atoms with Gasteiger partial charge in [-0.15, -0.1) is 0 Å². The second-order valence-corrected chi connectivity index (χ2v) is 4.39. The Labute approximate surface area is 113 Å². The second kappa shape index (κ2) is 6.01. The molecule has 2 aromatic rings. The monoisotopic (exact) mass is 252 g/mol. The van der Waals surface area contributed by atoms with Crippen molar-refractivity contribution in [2.24, 2.45) is 0 Å². The Morgan fingerprint density at radius 1 is 0.947 bits per heavy atom. The van der Waals surface area contributed by atoms with Gasteiger partial charge in [0.2, 0.25) is 0 Å². The summed E-state index contributed by atoms with van der Waals surface area (Å²) in [6, 6.07) is 19.4. The molecule has 0 saturated carbocycles. The van der Waals surface area contributed by atoms with Crippen molar-refractivity contribution in [1.82, 2.24) is 0 Å². The number of carbonyl (C=O) groups excluding carboxylic acids is 1.